The number of ether oxygens (including phenoxy) is 1. The Balaban J connectivity index is 1.44. The lowest BCUT2D eigenvalue weighted by Gasteiger charge is -2.46. The lowest BCUT2D eigenvalue weighted by Crippen LogP contribution is -2.41. The van der Waals surface area contributed by atoms with Gasteiger partial charge in [-0.1, -0.05) is 12.1 Å². The van der Waals surface area contributed by atoms with Gasteiger partial charge >= 0.3 is 0 Å². The summed E-state index contributed by atoms with van der Waals surface area (Å²) in [7, 11) is 5.45. The predicted octanol–water partition coefficient (Wildman–Crippen LogP) is 3.95. The average Bonchev–Trinajstić information content (AvgIpc) is 2.66. The van der Waals surface area contributed by atoms with E-state index in [1.807, 2.05) is 14.1 Å². The lowest BCUT2D eigenvalue weighted by atomic mass is 9.65. The third kappa shape index (κ3) is 4.79. The molecule has 1 aromatic rings. The van der Waals surface area contributed by atoms with Crippen LogP contribution in [0.25, 0.3) is 0 Å². The van der Waals surface area contributed by atoms with E-state index in [2.05, 4.69) is 29.2 Å². The van der Waals surface area contributed by atoms with E-state index in [0.29, 0.717) is 17.2 Å². The van der Waals surface area contributed by atoms with Gasteiger partial charge in [0, 0.05) is 27.1 Å². The maximum Gasteiger partial charge on any atom is 0.222 e. The van der Waals surface area contributed by atoms with E-state index in [1.54, 1.807) is 12.0 Å². The molecule has 3 rings (SSSR count). The van der Waals surface area contributed by atoms with Crippen LogP contribution in [0.1, 0.15) is 50.5 Å². The van der Waals surface area contributed by atoms with Gasteiger partial charge in [0.1, 0.15) is 5.75 Å². The van der Waals surface area contributed by atoms with E-state index in [1.165, 1.54) is 57.2 Å². The largest absolute Gasteiger partial charge is 0.497 e. The molecule has 26 heavy (non-hydrogen) atoms. The zero-order valence-corrected chi connectivity index (χ0v) is 16.7. The zero-order valence-electron chi connectivity index (χ0n) is 16.7. The molecule has 4 nitrogen and oxygen atoms in total. The van der Waals surface area contributed by atoms with Crippen LogP contribution in [-0.2, 0) is 11.3 Å². The van der Waals surface area contributed by atoms with Crippen molar-refractivity contribution in [1.82, 2.24) is 9.80 Å². The van der Waals surface area contributed by atoms with E-state index in [4.69, 9.17) is 4.74 Å². The lowest BCUT2D eigenvalue weighted by molar-refractivity contribution is -0.130. The highest BCUT2D eigenvalue weighted by Crippen LogP contribution is 2.47. The molecule has 1 aromatic carbocycles. The van der Waals surface area contributed by atoms with Gasteiger partial charge in [0.2, 0.25) is 5.91 Å². The smallest absolute Gasteiger partial charge is 0.222 e. The Morgan fingerprint density at radius 3 is 2.27 bits per heavy atom. The monoisotopic (exact) mass is 358 g/mol. The van der Waals surface area contributed by atoms with Crippen molar-refractivity contribution in [3.63, 3.8) is 0 Å². The fourth-order valence-corrected chi connectivity index (χ4v) is 4.60. The molecule has 144 valence electrons. The summed E-state index contributed by atoms with van der Waals surface area (Å²) in [6.45, 7) is 3.45. The van der Waals surface area contributed by atoms with Crippen LogP contribution in [-0.4, -0.2) is 50.0 Å². The fourth-order valence-electron chi connectivity index (χ4n) is 4.60. The van der Waals surface area contributed by atoms with Gasteiger partial charge in [0.15, 0.2) is 0 Å². The Labute approximate surface area is 158 Å². The van der Waals surface area contributed by atoms with Crippen molar-refractivity contribution in [3.8, 4) is 5.75 Å². The van der Waals surface area contributed by atoms with Crippen LogP contribution in [0.4, 0.5) is 0 Å². The average molecular weight is 359 g/mol. The summed E-state index contributed by atoms with van der Waals surface area (Å²) >= 11 is 0. The first-order valence-corrected chi connectivity index (χ1v) is 10.1. The first-order chi connectivity index (χ1) is 12.5. The summed E-state index contributed by atoms with van der Waals surface area (Å²) in [4.78, 5) is 16.3. The summed E-state index contributed by atoms with van der Waals surface area (Å²) in [5.74, 6) is 1.82. The molecular formula is C22H34N2O2. The Hall–Kier alpha value is -1.55. The topological polar surface area (TPSA) is 32.8 Å². The van der Waals surface area contributed by atoms with Gasteiger partial charge in [-0.2, -0.15) is 0 Å². The van der Waals surface area contributed by atoms with Crippen molar-refractivity contribution >= 4 is 5.91 Å². The molecular weight excluding hydrogens is 324 g/mol. The van der Waals surface area contributed by atoms with Crippen molar-refractivity contribution in [2.45, 2.75) is 51.5 Å². The van der Waals surface area contributed by atoms with Crippen molar-refractivity contribution in [3.05, 3.63) is 29.8 Å². The first-order valence-electron chi connectivity index (χ1n) is 10.1. The molecule has 1 spiro atoms. The number of carbonyl (C=O) groups is 1. The maximum absolute atomic E-state index is 11.9. The number of nitrogens with zero attached hydrogens (tertiary/aromatic N) is 2. The van der Waals surface area contributed by atoms with Crippen LogP contribution in [0.15, 0.2) is 24.3 Å². The zero-order chi connectivity index (χ0) is 18.6. The number of carbonyl (C=O) groups excluding carboxylic acids is 1. The minimum atomic E-state index is 0.292. The number of hydrogen-bond donors (Lipinski definition) is 0. The number of piperidine rings is 1. The highest BCUT2D eigenvalue weighted by Gasteiger charge is 2.38. The van der Waals surface area contributed by atoms with E-state index < -0.39 is 0 Å². The van der Waals surface area contributed by atoms with Gasteiger partial charge in [0.05, 0.1) is 7.11 Å². The van der Waals surface area contributed by atoms with Gasteiger partial charge in [-0.15, -0.1) is 0 Å². The van der Waals surface area contributed by atoms with Gasteiger partial charge in [-0.25, -0.2) is 0 Å². The molecule has 1 saturated carbocycles. The van der Waals surface area contributed by atoms with Crippen LogP contribution in [0.5, 0.6) is 5.75 Å². The third-order valence-electron chi connectivity index (χ3n) is 6.61. The van der Waals surface area contributed by atoms with E-state index in [-0.39, 0.29) is 0 Å². The van der Waals surface area contributed by atoms with E-state index in [0.717, 1.165) is 18.7 Å². The Bertz CT molecular complexity index is 579. The second-order valence-corrected chi connectivity index (χ2v) is 8.56. The highest BCUT2D eigenvalue weighted by atomic mass is 16.5. The molecule has 2 aliphatic rings. The summed E-state index contributed by atoms with van der Waals surface area (Å²) in [6.07, 6.45) is 8.47. The number of amides is 1. The minimum absolute atomic E-state index is 0.292. The molecule has 0 atom stereocenters. The molecule has 0 N–H and O–H groups in total. The molecule has 1 heterocycles. The predicted molar refractivity (Wildman–Crippen MR) is 105 cm³/mol. The number of hydrogen-bond acceptors (Lipinski definition) is 3. The second-order valence-electron chi connectivity index (χ2n) is 8.56. The number of methoxy groups -OCH3 is 1. The second kappa shape index (κ2) is 8.43. The maximum atomic E-state index is 11.9. The summed E-state index contributed by atoms with van der Waals surface area (Å²) in [5, 5.41) is 0. The standard InChI is InChI=1S/C22H34N2O2/c1-23(2)21(25)16-18-8-10-22(11-9-18)12-14-24(15-13-22)17-19-4-6-20(26-3)7-5-19/h4-7,18H,8-17H2,1-3H3. The van der Waals surface area contributed by atoms with Gasteiger partial charge in [-0.3, -0.25) is 9.69 Å². The normalized spacial score (nSPS) is 20.9. The quantitative estimate of drug-likeness (QED) is 0.799. The van der Waals surface area contributed by atoms with Crippen molar-refractivity contribution in [1.29, 1.82) is 0 Å². The minimum Gasteiger partial charge on any atom is -0.497 e. The Kier molecular flexibility index (Phi) is 6.23. The van der Waals surface area contributed by atoms with Crippen LogP contribution >= 0.6 is 0 Å². The molecule has 0 bridgehead atoms. The van der Waals surface area contributed by atoms with Gasteiger partial charge < -0.3 is 9.64 Å². The molecule has 1 saturated heterocycles. The van der Waals surface area contributed by atoms with Crippen LogP contribution < -0.4 is 4.74 Å². The summed E-state index contributed by atoms with van der Waals surface area (Å²) in [6, 6.07) is 8.46. The molecule has 2 fully saturated rings. The highest BCUT2D eigenvalue weighted by molar-refractivity contribution is 5.75. The van der Waals surface area contributed by atoms with E-state index >= 15 is 0 Å². The number of likely N-dealkylation sites (tertiary alicyclic amines) is 1. The Morgan fingerprint density at radius 2 is 1.73 bits per heavy atom. The van der Waals surface area contributed by atoms with Crippen molar-refractivity contribution in [2.75, 3.05) is 34.3 Å². The third-order valence-corrected chi connectivity index (χ3v) is 6.61. The first kappa shape index (κ1) is 19.2. The fraction of sp³-hybridized carbons (Fsp3) is 0.682. The Morgan fingerprint density at radius 1 is 1.12 bits per heavy atom. The molecule has 1 aliphatic carbocycles. The number of benzene rings is 1. The van der Waals surface area contributed by atoms with Crippen LogP contribution in [0.3, 0.4) is 0 Å². The van der Waals surface area contributed by atoms with Crippen LogP contribution in [0, 0.1) is 11.3 Å². The number of rotatable bonds is 5. The molecule has 4 heteroatoms. The van der Waals surface area contributed by atoms with Crippen molar-refractivity contribution in [2.24, 2.45) is 11.3 Å². The van der Waals surface area contributed by atoms with Crippen LogP contribution in [0.2, 0.25) is 0 Å². The molecule has 0 radical (unpaired) electrons. The summed E-state index contributed by atoms with van der Waals surface area (Å²) < 4.78 is 5.24. The van der Waals surface area contributed by atoms with E-state index in [9.17, 15) is 4.79 Å². The SMILES string of the molecule is COc1ccc(CN2CCC3(CCC(CC(=O)N(C)C)CC3)CC2)cc1. The van der Waals surface area contributed by atoms with Gasteiger partial charge in [-0.05, 0) is 80.6 Å². The molecule has 1 amide bonds. The summed E-state index contributed by atoms with van der Waals surface area (Å²) in [5.41, 5.74) is 1.92. The van der Waals surface area contributed by atoms with Gasteiger partial charge in [0.25, 0.3) is 0 Å². The van der Waals surface area contributed by atoms with Crippen molar-refractivity contribution < 1.29 is 9.53 Å². The molecule has 1 aliphatic heterocycles. The molecule has 0 aromatic heterocycles. The molecule has 0 unspecified atom stereocenters.